The summed E-state index contributed by atoms with van der Waals surface area (Å²) in [7, 11) is 0. The van der Waals surface area contributed by atoms with E-state index in [9.17, 15) is 0 Å². The summed E-state index contributed by atoms with van der Waals surface area (Å²) in [6, 6.07) is 16.4. The van der Waals surface area contributed by atoms with Crippen LogP contribution in [-0.2, 0) is 12.2 Å². The molecule has 6 rings (SSSR count). The summed E-state index contributed by atoms with van der Waals surface area (Å²) in [4.78, 5) is 0. The van der Waals surface area contributed by atoms with Crippen molar-refractivity contribution in [2.75, 3.05) is 0 Å². The third-order valence-corrected chi connectivity index (χ3v) is 3.53. The van der Waals surface area contributed by atoms with Crippen molar-refractivity contribution in [3.8, 4) is 11.5 Å². The summed E-state index contributed by atoms with van der Waals surface area (Å²) in [5.74, 6) is 1.15. The molecule has 1 atom stereocenters. The molecule has 0 saturated heterocycles. The Morgan fingerprint density at radius 1 is 0.765 bits per heavy atom. The first-order chi connectivity index (χ1) is 8.34. The van der Waals surface area contributed by atoms with Gasteiger partial charge in [0.05, 0.1) is 0 Å². The van der Waals surface area contributed by atoms with Gasteiger partial charge in [-0.15, -0.1) is 0 Å². The van der Waals surface area contributed by atoms with E-state index < -0.39 is 5.79 Å². The molecule has 0 aromatic heterocycles. The molecule has 2 nitrogen and oxygen atoms in total. The van der Waals surface area contributed by atoms with Gasteiger partial charge in [0.1, 0.15) is 11.5 Å². The lowest BCUT2D eigenvalue weighted by molar-refractivity contribution is -0.133. The van der Waals surface area contributed by atoms with Crippen molar-refractivity contribution in [3.05, 3.63) is 59.7 Å². The SMILES string of the molecule is c1cc2ccc1CCC1(O2)Oc2ccc1cc2. The number of fused-ring (bicyclic) bond motifs is 5. The average molecular weight is 224 g/mol. The van der Waals surface area contributed by atoms with Crippen molar-refractivity contribution in [1.82, 2.24) is 0 Å². The van der Waals surface area contributed by atoms with Crippen molar-refractivity contribution in [2.45, 2.75) is 18.6 Å². The summed E-state index contributed by atoms with van der Waals surface area (Å²) < 4.78 is 12.1. The number of aryl methyl sites for hydroxylation is 1. The van der Waals surface area contributed by atoms with Gasteiger partial charge in [0.2, 0.25) is 0 Å². The van der Waals surface area contributed by atoms with Crippen molar-refractivity contribution >= 4 is 0 Å². The van der Waals surface area contributed by atoms with Crippen molar-refractivity contribution in [2.24, 2.45) is 0 Å². The van der Waals surface area contributed by atoms with Crippen LogP contribution in [0.5, 0.6) is 11.5 Å². The molecule has 17 heavy (non-hydrogen) atoms. The topological polar surface area (TPSA) is 18.5 Å². The van der Waals surface area contributed by atoms with Crippen LogP contribution in [0.4, 0.5) is 0 Å². The molecule has 84 valence electrons. The lowest BCUT2D eigenvalue weighted by Crippen LogP contribution is -2.42. The van der Waals surface area contributed by atoms with Gasteiger partial charge < -0.3 is 9.47 Å². The molecule has 2 heteroatoms. The largest absolute Gasteiger partial charge is 0.448 e. The minimum absolute atomic E-state index is 0.602. The lowest BCUT2D eigenvalue weighted by Gasteiger charge is -2.39. The van der Waals surface area contributed by atoms with E-state index in [4.69, 9.17) is 9.47 Å². The number of ether oxygens (including phenoxy) is 2. The molecule has 0 N–H and O–H groups in total. The zero-order chi connectivity index (χ0) is 11.3. The zero-order valence-electron chi connectivity index (χ0n) is 9.35. The predicted octanol–water partition coefficient (Wildman–Crippen LogP) is 3.26. The van der Waals surface area contributed by atoms with E-state index in [2.05, 4.69) is 24.3 Å². The second-order valence-corrected chi connectivity index (χ2v) is 4.63. The summed E-state index contributed by atoms with van der Waals surface area (Å²) >= 11 is 0. The first-order valence-electron chi connectivity index (χ1n) is 5.92. The first kappa shape index (κ1) is 9.11. The fourth-order valence-electron chi connectivity index (χ4n) is 2.58. The van der Waals surface area contributed by atoms with Crippen LogP contribution in [0.15, 0.2) is 48.5 Å². The molecule has 0 radical (unpaired) electrons. The van der Waals surface area contributed by atoms with E-state index in [1.807, 2.05) is 24.3 Å². The molecule has 4 bridgehead atoms. The van der Waals surface area contributed by atoms with E-state index in [0.717, 1.165) is 29.9 Å². The highest BCUT2D eigenvalue weighted by Crippen LogP contribution is 2.41. The molecule has 0 aliphatic carbocycles. The summed E-state index contributed by atoms with van der Waals surface area (Å²) in [5, 5.41) is 0. The minimum atomic E-state index is -0.602. The fraction of sp³-hybridized carbons (Fsp3) is 0.200. The Balaban J connectivity index is 1.84. The van der Waals surface area contributed by atoms with Gasteiger partial charge in [-0.2, -0.15) is 0 Å². The van der Waals surface area contributed by atoms with Crippen LogP contribution in [0.1, 0.15) is 17.5 Å². The van der Waals surface area contributed by atoms with Gasteiger partial charge in [0.15, 0.2) is 0 Å². The van der Waals surface area contributed by atoms with Crippen molar-refractivity contribution < 1.29 is 9.47 Å². The number of benzene rings is 2. The number of rotatable bonds is 0. The van der Waals surface area contributed by atoms with Gasteiger partial charge in [0, 0.05) is 12.0 Å². The monoisotopic (exact) mass is 224 g/mol. The molecule has 2 aromatic rings. The van der Waals surface area contributed by atoms with Crippen LogP contribution in [0.3, 0.4) is 0 Å². The van der Waals surface area contributed by atoms with Gasteiger partial charge >= 0.3 is 0 Å². The standard InChI is InChI=1S/C15H12O2/c1-5-13-6-2-11(1)9-10-15(16-13)12-3-7-14(17-15)8-4-12/h1-8H,9-10H2. The predicted molar refractivity (Wildman–Crippen MR) is 64.1 cm³/mol. The maximum Gasteiger partial charge on any atom is 0.278 e. The summed E-state index contributed by atoms with van der Waals surface area (Å²) in [5.41, 5.74) is 2.44. The quantitative estimate of drug-likeness (QED) is 0.683. The smallest absolute Gasteiger partial charge is 0.278 e. The van der Waals surface area contributed by atoms with E-state index in [0.29, 0.717) is 0 Å². The summed E-state index contributed by atoms with van der Waals surface area (Å²) in [6.45, 7) is 0. The van der Waals surface area contributed by atoms with E-state index in [-0.39, 0.29) is 0 Å². The van der Waals surface area contributed by atoms with Crippen LogP contribution in [0, 0.1) is 0 Å². The Morgan fingerprint density at radius 3 is 1.88 bits per heavy atom. The number of hydrogen-bond acceptors (Lipinski definition) is 2. The Bertz CT molecular complexity index is 556. The fourth-order valence-corrected chi connectivity index (χ4v) is 2.58. The first-order valence-corrected chi connectivity index (χ1v) is 5.92. The van der Waals surface area contributed by atoms with Crippen LogP contribution in [-0.4, -0.2) is 0 Å². The van der Waals surface area contributed by atoms with Crippen molar-refractivity contribution in [1.29, 1.82) is 0 Å². The van der Waals surface area contributed by atoms with Crippen LogP contribution in [0.2, 0.25) is 0 Å². The Morgan fingerprint density at radius 2 is 1.35 bits per heavy atom. The highest BCUT2D eigenvalue weighted by molar-refractivity contribution is 5.39. The number of hydrogen-bond donors (Lipinski definition) is 0. The zero-order valence-corrected chi connectivity index (χ0v) is 9.35. The second kappa shape index (κ2) is 3.04. The Hall–Kier alpha value is -1.96. The third-order valence-electron chi connectivity index (χ3n) is 3.53. The molecule has 0 saturated carbocycles. The van der Waals surface area contributed by atoms with Crippen molar-refractivity contribution in [3.63, 3.8) is 0 Å². The molecule has 4 heterocycles. The molecule has 4 aliphatic heterocycles. The molecule has 1 spiro atoms. The highest BCUT2D eigenvalue weighted by atomic mass is 16.7. The maximum absolute atomic E-state index is 6.09. The molecular formula is C15H12O2. The van der Waals surface area contributed by atoms with Crippen LogP contribution >= 0.6 is 0 Å². The molecular weight excluding hydrogens is 212 g/mol. The minimum Gasteiger partial charge on any atom is -0.448 e. The van der Waals surface area contributed by atoms with Gasteiger partial charge in [-0.3, -0.25) is 0 Å². The highest BCUT2D eigenvalue weighted by Gasteiger charge is 2.40. The average Bonchev–Trinajstić information content (AvgIpc) is 2.37. The van der Waals surface area contributed by atoms with Gasteiger partial charge in [-0.05, 0) is 48.4 Å². The van der Waals surface area contributed by atoms with Gasteiger partial charge in [0.25, 0.3) is 5.79 Å². The molecule has 0 fully saturated rings. The third kappa shape index (κ3) is 1.27. The van der Waals surface area contributed by atoms with Gasteiger partial charge in [-0.1, -0.05) is 12.1 Å². The molecule has 2 aromatic carbocycles. The molecule has 4 aliphatic rings. The van der Waals surface area contributed by atoms with E-state index in [1.165, 1.54) is 5.56 Å². The van der Waals surface area contributed by atoms with E-state index >= 15 is 0 Å². The second-order valence-electron chi connectivity index (χ2n) is 4.63. The van der Waals surface area contributed by atoms with Crippen LogP contribution < -0.4 is 9.47 Å². The molecule has 1 unspecified atom stereocenters. The Kier molecular flexibility index (Phi) is 1.63. The van der Waals surface area contributed by atoms with Gasteiger partial charge in [-0.25, -0.2) is 0 Å². The lowest BCUT2D eigenvalue weighted by atomic mass is 9.94. The molecule has 0 amide bonds. The Labute approximate surface area is 99.8 Å². The maximum atomic E-state index is 6.09. The summed E-state index contributed by atoms with van der Waals surface area (Å²) in [6.07, 6.45) is 1.83. The van der Waals surface area contributed by atoms with Crippen LogP contribution in [0.25, 0.3) is 0 Å². The van der Waals surface area contributed by atoms with E-state index in [1.54, 1.807) is 0 Å². The normalized spacial score (nSPS) is 24.0.